The Morgan fingerprint density at radius 1 is 1.35 bits per heavy atom. The van der Waals surface area contributed by atoms with Crippen molar-refractivity contribution in [2.24, 2.45) is 0 Å². The molecule has 0 aromatic heterocycles. The second-order valence-electron chi connectivity index (χ2n) is 5.96. The van der Waals surface area contributed by atoms with E-state index in [0.29, 0.717) is 0 Å². The number of amides is 1. The van der Waals surface area contributed by atoms with Crippen molar-refractivity contribution < 1.29 is 19.4 Å². The number of carboxylic acid groups (broad SMARTS) is 1. The zero-order valence-corrected chi connectivity index (χ0v) is 11.9. The highest BCUT2D eigenvalue weighted by Crippen LogP contribution is 2.32. The lowest BCUT2D eigenvalue weighted by Crippen LogP contribution is -2.34. The minimum atomic E-state index is -0.962. The molecule has 0 saturated carbocycles. The molecule has 5 nitrogen and oxygen atoms in total. The summed E-state index contributed by atoms with van der Waals surface area (Å²) >= 11 is 0. The summed E-state index contributed by atoms with van der Waals surface area (Å²) in [5.41, 5.74) is 1.64. The van der Waals surface area contributed by atoms with Crippen LogP contribution in [0.5, 0.6) is 0 Å². The van der Waals surface area contributed by atoms with E-state index >= 15 is 0 Å². The summed E-state index contributed by atoms with van der Waals surface area (Å²) in [6.07, 6.45) is 1.11. The molecule has 1 aromatic carbocycles. The van der Waals surface area contributed by atoms with Gasteiger partial charge in [0.25, 0.3) is 0 Å². The number of alkyl carbamates (subject to hydrolysis) is 1. The molecule has 1 aromatic rings. The van der Waals surface area contributed by atoms with E-state index in [4.69, 9.17) is 9.84 Å². The van der Waals surface area contributed by atoms with Gasteiger partial charge in [0.1, 0.15) is 5.60 Å². The van der Waals surface area contributed by atoms with Crippen molar-refractivity contribution >= 4 is 12.1 Å². The average Bonchev–Trinajstić information content (AvgIpc) is 2.69. The Hall–Kier alpha value is -2.04. The number of ether oxygens (including phenoxy) is 1. The molecule has 0 saturated heterocycles. The van der Waals surface area contributed by atoms with Crippen LogP contribution in [0.1, 0.15) is 54.7 Å². The summed E-state index contributed by atoms with van der Waals surface area (Å²) < 4.78 is 5.23. The number of aryl methyl sites for hydroxylation is 1. The minimum absolute atomic E-state index is 0.181. The molecule has 0 fully saturated rings. The lowest BCUT2D eigenvalue weighted by atomic mass is 10.0. The van der Waals surface area contributed by atoms with Crippen LogP contribution in [-0.2, 0) is 11.2 Å². The number of benzene rings is 1. The minimum Gasteiger partial charge on any atom is -0.478 e. The van der Waals surface area contributed by atoms with Gasteiger partial charge in [-0.25, -0.2) is 9.59 Å². The number of nitrogens with one attached hydrogen (secondary N) is 1. The van der Waals surface area contributed by atoms with Gasteiger partial charge in [-0.2, -0.15) is 0 Å². The molecular weight excluding hydrogens is 258 g/mol. The molecule has 0 spiro atoms. The molecule has 0 aliphatic heterocycles. The van der Waals surface area contributed by atoms with Gasteiger partial charge in [-0.05, 0) is 56.9 Å². The first kappa shape index (κ1) is 14.4. The van der Waals surface area contributed by atoms with E-state index in [0.717, 1.165) is 24.0 Å². The first-order valence-corrected chi connectivity index (χ1v) is 6.62. The quantitative estimate of drug-likeness (QED) is 0.871. The van der Waals surface area contributed by atoms with E-state index in [9.17, 15) is 9.59 Å². The Balaban J connectivity index is 2.13. The van der Waals surface area contributed by atoms with Crippen molar-refractivity contribution in [2.75, 3.05) is 0 Å². The molecule has 108 valence electrons. The maximum Gasteiger partial charge on any atom is 0.408 e. The van der Waals surface area contributed by atoms with Crippen molar-refractivity contribution in [3.63, 3.8) is 0 Å². The SMILES string of the molecule is CC(C)(C)OC(=O)NC1CCc2ccc(C(=O)O)cc21. The molecule has 5 heteroatoms. The van der Waals surface area contributed by atoms with Crippen LogP contribution in [0.3, 0.4) is 0 Å². The van der Waals surface area contributed by atoms with Gasteiger partial charge in [0.15, 0.2) is 0 Å². The molecule has 1 unspecified atom stereocenters. The highest BCUT2D eigenvalue weighted by molar-refractivity contribution is 5.88. The molecule has 0 radical (unpaired) electrons. The highest BCUT2D eigenvalue weighted by Gasteiger charge is 2.27. The van der Waals surface area contributed by atoms with Gasteiger partial charge < -0.3 is 15.2 Å². The number of carboxylic acids is 1. The third-order valence-corrected chi connectivity index (χ3v) is 3.16. The van der Waals surface area contributed by atoms with Gasteiger partial charge in [0, 0.05) is 0 Å². The van der Waals surface area contributed by atoms with Crippen LogP contribution in [0.15, 0.2) is 18.2 Å². The molecule has 1 amide bonds. The van der Waals surface area contributed by atoms with Crippen molar-refractivity contribution in [3.8, 4) is 0 Å². The second kappa shape index (κ2) is 5.15. The summed E-state index contributed by atoms with van der Waals surface area (Å²) in [6.45, 7) is 5.41. The van der Waals surface area contributed by atoms with Gasteiger partial charge in [-0.15, -0.1) is 0 Å². The van der Waals surface area contributed by atoms with E-state index in [1.807, 2.05) is 6.07 Å². The number of hydrogen-bond donors (Lipinski definition) is 2. The summed E-state index contributed by atoms with van der Waals surface area (Å²) in [5, 5.41) is 11.8. The number of hydrogen-bond acceptors (Lipinski definition) is 3. The maximum atomic E-state index is 11.8. The van der Waals surface area contributed by atoms with Gasteiger partial charge in [0.05, 0.1) is 11.6 Å². The van der Waals surface area contributed by atoms with E-state index in [1.54, 1.807) is 32.9 Å². The molecule has 1 aliphatic rings. The van der Waals surface area contributed by atoms with Crippen LogP contribution < -0.4 is 5.32 Å². The van der Waals surface area contributed by atoms with Crippen LogP contribution in [0.2, 0.25) is 0 Å². The Morgan fingerprint density at radius 3 is 2.65 bits per heavy atom. The van der Waals surface area contributed by atoms with Crippen LogP contribution >= 0.6 is 0 Å². The molecule has 1 aliphatic carbocycles. The van der Waals surface area contributed by atoms with E-state index < -0.39 is 17.7 Å². The predicted molar refractivity (Wildman–Crippen MR) is 73.8 cm³/mol. The Labute approximate surface area is 117 Å². The monoisotopic (exact) mass is 277 g/mol. The third-order valence-electron chi connectivity index (χ3n) is 3.16. The van der Waals surface area contributed by atoms with Crippen LogP contribution in [0.4, 0.5) is 4.79 Å². The zero-order chi connectivity index (χ0) is 14.9. The number of fused-ring (bicyclic) bond motifs is 1. The maximum absolute atomic E-state index is 11.8. The fourth-order valence-electron chi connectivity index (χ4n) is 2.34. The van der Waals surface area contributed by atoms with E-state index in [1.165, 1.54) is 0 Å². The Kier molecular flexibility index (Phi) is 3.70. The normalized spacial score (nSPS) is 17.4. The first-order valence-electron chi connectivity index (χ1n) is 6.62. The Morgan fingerprint density at radius 2 is 2.05 bits per heavy atom. The lowest BCUT2D eigenvalue weighted by molar-refractivity contribution is 0.0503. The fourth-order valence-corrected chi connectivity index (χ4v) is 2.34. The van der Waals surface area contributed by atoms with Crippen molar-refractivity contribution in [1.82, 2.24) is 5.32 Å². The van der Waals surface area contributed by atoms with Crippen LogP contribution in [-0.4, -0.2) is 22.8 Å². The molecule has 1 atom stereocenters. The lowest BCUT2D eigenvalue weighted by Gasteiger charge is -2.22. The van der Waals surface area contributed by atoms with Crippen molar-refractivity contribution in [1.29, 1.82) is 0 Å². The van der Waals surface area contributed by atoms with E-state index in [-0.39, 0.29) is 11.6 Å². The zero-order valence-electron chi connectivity index (χ0n) is 11.9. The van der Waals surface area contributed by atoms with Gasteiger partial charge in [-0.3, -0.25) is 0 Å². The summed E-state index contributed by atoms with van der Waals surface area (Å²) in [5.74, 6) is -0.962. The standard InChI is InChI=1S/C15H19NO4/c1-15(2,3)20-14(19)16-12-7-6-9-4-5-10(13(17)18)8-11(9)12/h4-5,8,12H,6-7H2,1-3H3,(H,16,19)(H,17,18). The van der Waals surface area contributed by atoms with Gasteiger partial charge in [-0.1, -0.05) is 6.07 Å². The summed E-state index contributed by atoms with van der Waals surface area (Å²) in [4.78, 5) is 22.8. The first-order chi connectivity index (χ1) is 9.26. The van der Waals surface area contributed by atoms with Crippen molar-refractivity contribution in [3.05, 3.63) is 34.9 Å². The molecule has 20 heavy (non-hydrogen) atoms. The third kappa shape index (κ3) is 3.29. The number of aromatic carboxylic acids is 1. The molecule has 2 N–H and O–H groups in total. The number of rotatable bonds is 2. The summed E-state index contributed by atoms with van der Waals surface area (Å²) in [6, 6.07) is 4.86. The predicted octanol–water partition coefficient (Wildman–Crippen LogP) is 2.90. The van der Waals surface area contributed by atoms with Gasteiger partial charge in [0.2, 0.25) is 0 Å². The van der Waals surface area contributed by atoms with E-state index in [2.05, 4.69) is 5.32 Å². The topological polar surface area (TPSA) is 75.6 Å². The largest absolute Gasteiger partial charge is 0.478 e. The molecular formula is C15H19NO4. The van der Waals surface area contributed by atoms with Crippen LogP contribution in [0, 0.1) is 0 Å². The highest BCUT2D eigenvalue weighted by atomic mass is 16.6. The molecule has 0 bridgehead atoms. The van der Waals surface area contributed by atoms with Crippen LogP contribution in [0.25, 0.3) is 0 Å². The van der Waals surface area contributed by atoms with Gasteiger partial charge >= 0.3 is 12.1 Å². The molecule has 0 heterocycles. The second-order valence-corrected chi connectivity index (χ2v) is 5.96. The number of carbonyl (C=O) groups excluding carboxylic acids is 1. The molecule has 2 rings (SSSR count). The average molecular weight is 277 g/mol. The number of carbonyl (C=O) groups is 2. The summed E-state index contributed by atoms with van der Waals surface area (Å²) in [7, 11) is 0. The fraction of sp³-hybridized carbons (Fsp3) is 0.467. The smallest absolute Gasteiger partial charge is 0.408 e. The van der Waals surface area contributed by atoms with Crippen molar-refractivity contribution in [2.45, 2.75) is 45.3 Å². The Bertz CT molecular complexity index is 545.